The molecule has 0 saturated carbocycles. The molecule has 0 radical (unpaired) electrons. The number of rotatable bonds is 4. The first-order valence-corrected chi connectivity index (χ1v) is 6.29. The molecule has 0 aliphatic carbocycles. The highest BCUT2D eigenvalue weighted by Crippen LogP contribution is 2.25. The van der Waals surface area contributed by atoms with E-state index in [9.17, 15) is 9.90 Å². The maximum Gasteiger partial charge on any atom is 0.266 e. The lowest BCUT2D eigenvalue weighted by molar-refractivity contribution is -0.683. The molecule has 1 aromatic heterocycles. The summed E-state index contributed by atoms with van der Waals surface area (Å²) in [6.45, 7) is 3.11. The van der Waals surface area contributed by atoms with Gasteiger partial charge in [0, 0.05) is 11.8 Å². The fourth-order valence-corrected chi connectivity index (χ4v) is 1.79. The standard InChI is InChI=1S/C13H14ClN3O2.ClH/c1-2-16-5-6-17(9-16)8-13(19)15-10-3-4-11(14)12(18)7-10;/h3-7,9H,2,8H2,1H3,(H-,15,18,19);1H. The van der Waals surface area contributed by atoms with Crippen molar-refractivity contribution in [3.8, 4) is 5.75 Å². The Bertz CT molecular complexity index is 599. The molecule has 0 spiro atoms. The number of nitrogens with one attached hydrogen (secondary N) is 1. The van der Waals surface area contributed by atoms with Crippen LogP contribution < -0.4 is 22.3 Å². The monoisotopic (exact) mass is 315 g/mol. The minimum atomic E-state index is -0.166. The van der Waals surface area contributed by atoms with E-state index >= 15 is 0 Å². The highest BCUT2D eigenvalue weighted by molar-refractivity contribution is 6.32. The highest BCUT2D eigenvalue weighted by atomic mass is 35.5. The molecular weight excluding hydrogens is 301 g/mol. The summed E-state index contributed by atoms with van der Waals surface area (Å²) in [5, 5.41) is 12.4. The molecule has 0 saturated heterocycles. The number of phenolic OH excluding ortho intramolecular Hbond substituents is 1. The van der Waals surface area contributed by atoms with Gasteiger partial charge in [-0.15, -0.1) is 0 Å². The number of aromatic hydroxyl groups is 1. The fraction of sp³-hybridized carbons (Fsp3) is 0.231. The number of nitrogens with zero attached hydrogens (tertiary/aromatic N) is 2. The smallest absolute Gasteiger partial charge is 0.266 e. The topological polar surface area (TPSA) is 58.1 Å². The summed E-state index contributed by atoms with van der Waals surface area (Å²) < 4.78 is 3.76. The second-order valence-electron chi connectivity index (χ2n) is 4.13. The van der Waals surface area contributed by atoms with Crippen LogP contribution in [0.25, 0.3) is 0 Å². The van der Waals surface area contributed by atoms with Crippen LogP contribution in [0.1, 0.15) is 6.92 Å². The van der Waals surface area contributed by atoms with Crippen LogP contribution in [0, 0.1) is 0 Å². The third-order valence-corrected chi connectivity index (χ3v) is 2.99. The van der Waals surface area contributed by atoms with Crippen molar-refractivity contribution in [2.24, 2.45) is 0 Å². The van der Waals surface area contributed by atoms with Crippen molar-refractivity contribution < 1.29 is 26.9 Å². The number of halogens is 2. The van der Waals surface area contributed by atoms with Crippen molar-refractivity contribution in [2.45, 2.75) is 20.0 Å². The SMILES string of the molecule is CCn1cc[n+](CC(=O)Nc2ccc(Cl)c(O)c2)c1.[Cl-]. The summed E-state index contributed by atoms with van der Waals surface area (Å²) in [4.78, 5) is 11.8. The molecule has 1 heterocycles. The molecule has 0 aliphatic heterocycles. The van der Waals surface area contributed by atoms with Crippen LogP contribution in [0.5, 0.6) is 5.75 Å². The van der Waals surface area contributed by atoms with Crippen LogP contribution in [0.2, 0.25) is 5.02 Å². The van der Waals surface area contributed by atoms with Crippen molar-refractivity contribution in [1.82, 2.24) is 4.57 Å². The highest BCUT2D eigenvalue weighted by Gasteiger charge is 2.09. The summed E-state index contributed by atoms with van der Waals surface area (Å²) in [5.41, 5.74) is 0.516. The molecule has 0 atom stereocenters. The first-order chi connectivity index (χ1) is 9.08. The average Bonchev–Trinajstić information content (AvgIpc) is 2.81. The predicted octanol–water partition coefficient (Wildman–Crippen LogP) is -1.20. The van der Waals surface area contributed by atoms with Gasteiger partial charge in [-0.1, -0.05) is 11.6 Å². The Morgan fingerprint density at radius 3 is 2.85 bits per heavy atom. The number of anilines is 1. The van der Waals surface area contributed by atoms with Crippen molar-refractivity contribution in [1.29, 1.82) is 0 Å². The van der Waals surface area contributed by atoms with Crippen LogP contribution in [0.15, 0.2) is 36.9 Å². The minimum absolute atomic E-state index is 0. The first-order valence-electron chi connectivity index (χ1n) is 5.91. The van der Waals surface area contributed by atoms with Crippen LogP contribution in [0.3, 0.4) is 0 Å². The van der Waals surface area contributed by atoms with Gasteiger partial charge in [0.05, 0.1) is 11.6 Å². The molecule has 108 valence electrons. The molecule has 5 nitrogen and oxygen atoms in total. The van der Waals surface area contributed by atoms with Gasteiger partial charge in [-0.3, -0.25) is 4.79 Å². The van der Waals surface area contributed by atoms with E-state index in [1.807, 2.05) is 30.2 Å². The van der Waals surface area contributed by atoms with Gasteiger partial charge in [0.2, 0.25) is 6.33 Å². The van der Waals surface area contributed by atoms with Crippen LogP contribution in [-0.2, 0) is 17.9 Å². The van der Waals surface area contributed by atoms with Gasteiger partial charge in [-0.2, -0.15) is 0 Å². The molecule has 2 N–H and O–H groups in total. The number of imidazole rings is 1. The number of benzene rings is 1. The number of hydrogen-bond donors (Lipinski definition) is 2. The summed E-state index contributed by atoms with van der Waals surface area (Å²) in [6.07, 6.45) is 5.60. The van der Waals surface area contributed by atoms with Crippen molar-refractivity contribution in [3.63, 3.8) is 0 Å². The van der Waals surface area contributed by atoms with E-state index in [-0.39, 0.29) is 35.6 Å². The number of hydrogen-bond acceptors (Lipinski definition) is 2. The third kappa shape index (κ3) is 4.15. The number of phenols is 1. The summed E-state index contributed by atoms with van der Waals surface area (Å²) in [7, 11) is 0. The van der Waals surface area contributed by atoms with Crippen molar-refractivity contribution in [2.75, 3.05) is 5.32 Å². The predicted molar refractivity (Wildman–Crippen MR) is 72.0 cm³/mol. The van der Waals surface area contributed by atoms with E-state index in [2.05, 4.69) is 5.32 Å². The Kier molecular flexibility index (Phi) is 5.85. The fourth-order valence-electron chi connectivity index (χ4n) is 1.68. The van der Waals surface area contributed by atoms with E-state index < -0.39 is 0 Å². The molecule has 0 fully saturated rings. The summed E-state index contributed by atoms with van der Waals surface area (Å²) >= 11 is 5.70. The number of carbonyl (C=O) groups is 1. The molecular formula is C13H15Cl2N3O2. The van der Waals surface area contributed by atoms with Crippen LogP contribution in [-0.4, -0.2) is 15.6 Å². The van der Waals surface area contributed by atoms with Crippen molar-refractivity contribution >= 4 is 23.2 Å². The van der Waals surface area contributed by atoms with Crippen LogP contribution in [0.4, 0.5) is 5.69 Å². The maximum absolute atomic E-state index is 11.8. The molecule has 2 rings (SSSR count). The third-order valence-electron chi connectivity index (χ3n) is 2.67. The van der Waals surface area contributed by atoms with E-state index in [1.54, 1.807) is 10.6 Å². The number of carbonyl (C=O) groups excluding carboxylic acids is 1. The largest absolute Gasteiger partial charge is 1.00 e. The zero-order valence-electron chi connectivity index (χ0n) is 10.9. The molecule has 1 amide bonds. The van der Waals surface area contributed by atoms with E-state index in [0.29, 0.717) is 5.69 Å². The maximum atomic E-state index is 11.8. The van der Waals surface area contributed by atoms with Gasteiger partial charge < -0.3 is 22.8 Å². The number of amides is 1. The summed E-state index contributed by atoms with van der Waals surface area (Å²) in [5.74, 6) is -0.218. The lowest BCUT2D eigenvalue weighted by Crippen LogP contribution is -3.00. The number of aromatic nitrogens is 2. The molecule has 0 aliphatic rings. The van der Waals surface area contributed by atoms with Crippen LogP contribution >= 0.6 is 11.6 Å². The van der Waals surface area contributed by atoms with E-state index in [4.69, 9.17) is 11.6 Å². The second-order valence-corrected chi connectivity index (χ2v) is 4.54. The Morgan fingerprint density at radius 1 is 1.50 bits per heavy atom. The quantitative estimate of drug-likeness (QED) is 0.696. The van der Waals surface area contributed by atoms with Gasteiger partial charge in [-0.25, -0.2) is 9.13 Å². The Hall–Kier alpha value is -1.72. The number of aryl methyl sites for hydroxylation is 1. The lowest BCUT2D eigenvalue weighted by atomic mass is 10.3. The Morgan fingerprint density at radius 2 is 2.25 bits per heavy atom. The molecule has 7 heteroatoms. The zero-order valence-corrected chi connectivity index (χ0v) is 12.4. The minimum Gasteiger partial charge on any atom is -1.00 e. The average molecular weight is 316 g/mol. The second kappa shape index (κ2) is 7.17. The summed E-state index contributed by atoms with van der Waals surface area (Å²) in [6, 6.07) is 4.59. The molecule has 0 bridgehead atoms. The molecule has 20 heavy (non-hydrogen) atoms. The van der Waals surface area contributed by atoms with Gasteiger partial charge in [0.15, 0.2) is 6.54 Å². The molecule has 1 aromatic carbocycles. The molecule has 2 aromatic rings. The lowest BCUT2D eigenvalue weighted by Gasteiger charge is -2.04. The van der Waals surface area contributed by atoms with Crippen molar-refractivity contribution in [3.05, 3.63) is 41.9 Å². The first kappa shape index (κ1) is 16.3. The Balaban J connectivity index is 0.00000200. The molecule has 0 unspecified atom stereocenters. The zero-order chi connectivity index (χ0) is 13.8. The van der Waals surface area contributed by atoms with Gasteiger partial charge in [-0.05, 0) is 19.1 Å². The van der Waals surface area contributed by atoms with Gasteiger partial charge in [0.1, 0.15) is 18.1 Å². The van der Waals surface area contributed by atoms with E-state index in [1.165, 1.54) is 12.1 Å². The normalized spacial score (nSPS) is 9.90. The Labute approximate surface area is 128 Å². The van der Waals surface area contributed by atoms with Gasteiger partial charge >= 0.3 is 0 Å². The van der Waals surface area contributed by atoms with Gasteiger partial charge in [0.25, 0.3) is 5.91 Å². The van der Waals surface area contributed by atoms with E-state index in [0.717, 1.165) is 6.54 Å².